The summed E-state index contributed by atoms with van der Waals surface area (Å²) in [5.41, 5.74) is 0.493. The van der Waals surface area contributed by atoms with Crippen LogP contribution in [0.5, 0.6) is 0 Å². The van der Waals surface area contributed by atoms with E-state index < -0.39 is 0 Å². The van der Waals surface area contributed by atoms with Crippen molar-refractivity contribution in [1.82, 2.24) is 5.32 Å². The van der Waals surface area contributed by atoms with Gasteiger partial charge in [-0.05, 0) is 25.0 Å². The molecule has 1 aromatic carbocycles. The van der Waals surface area contributed by atoms with E-state index in [1.165, 1.54) is 12.8 Å². The molecule has 2 rings (SSSR count). The van der Waals surface area contributed by atoms with E-state index in [1.54, 1.807) is 18.2 Å². The highest BCUT2D eigenvalue weighted by molar-refractivity contribution is 6.39. The zero-order chi connectivity index (χ0) is 12.3. The van der Waals surface area contributed by atoms with Crippen molar-refractivity contribution in [3.8, 4) is 0 Å². The first-order chi connectivity index (χ1) is 8.16. The molecule has 17 heavy (non-hydrogen) atoms. The van der Waals surface area contributed by atoms with Gasteiger partial charge in [0.2, 0.25) is 5.91 Å². The average Bonchev–Trinajstić information content (AvgIpc) is 3.08. The van der Waals surface area contributed by atoms with Crippen LogP contribution in [0.2, 0.25) is 10.0 Å². The van der Waals surface area contributed by atoms with E-state index in [1.807, 2.05) is 0 Å². The van der Waals surface area contributed by atoms with Crippen LogP contribution in [0.4, 0.5) is 5.69 Å². The molecule has 0 saturated heterocycles. The lowest BCUT2D eigenvalue weighted by Crippen LogP contribution is -2.23. The van der Waals surface area contributed by atoms with E-state index in [2.05, 4.69) is 10.6 Å². The SMILES string of the molecule is O=C(CCNC1CC1)Nc1c(Cl)cccc1Cl. The number of anilines is 1. The van der Waals surface area contributed by atoms with Crippen LogP contribution < -0.4 is 10.6 Å². The molecule has 0 heterocycles. The Labute approximate surface area is 110 Å². The van der Waals surface area contributed by atoms with E-state index in [9.17, 15) is 4.79 Å². The van der Waals surface area contributed by atoms with Crippen molar-refractivity contribution in [2.45, 2.75) is 25.3 Å². The molecule has 1 aliphatic rings. The van der Waals surface area contributed by atoms with E-state index in [-0.39, 0.29) is 5.91 Å². The Balaban J connectivity index is 1.84. The summed E-state index contributed by atoms with van der Waals surface area (Å²) in [4.78, 5) is 11.7. The van der Waals surface area contributed by atoms with Gasteiger partial charge < -0.3 is 10.6 Å². The third-order valence-electron chi connectivity index (χ3n) is 2.59. The molecular weight excluding hydrogens is 259 g/mol. The maximum atomic E-state index is 11.7. The molecule has 92 valence electrons. The van der Waals surface area contributed by atoms with Gasteiger partial charge in [0.05, 0.1) is 15.7 Å². The lowest BCUT2D eigenvalue weighted by atomic mass is 10.3. The van der Waals surface area contributed by atoms with Crippen molar-refractivity contribution in [1.29, 1.82) is 0 Å². The van der Waals surface area contributed by atoms with Crippen molar-refractivity contribution in [2.24, 2.45) is 0 Å². The predicted molar refractivity (Wildman–Crippen MR) is 70.7 cm³/mol. The molecule has 1 aliphatic carbocycles. The van der Waals surface area contributed by atoms with Crippen LogP contribution in [0.15, 0.2) is 18.2 Å². The quantitative estimate of drug-likeness (QED) is 0.865. The second kappa shape index (κ2) is 5.71. The van der Waals surface area contributed by atoms with Gasteiger partial charge in [0, 0.05) is 19.0 Å². The second-order valence-corrected chi connectivity index (χ2v) is 4.94. The number of halogens is 2. The minimum absolute atomic E-state index is 0.0758. The average molecular weight is 273 g/mol. The molecule has 1 saturated carbocycles. The van der Waals surface area contributed by atoms with Crippen molar-refractivity contribution in [2.75, 3.05) is 11.9 Å². The van der Waals surface area contributed by atoms with E-state index in [0.29, 0.717) is 34.7 Å². The van der Waals surface area contributed by atoms with Gasteiger partial charge in [0.15, 0.2) is 0 Å². The van der Waals surface area contributed by atoms with Gasteiger partial charge in [-0.25, -0.2) is 0 Å². The second-order valence-electron chi connectivity index (χ2n) is 4.12. The fourth-order valence-corrected chi connectivity index (χ4v) is 1.99. The number of benzene rings is 1. The van der Waals surface area contributed by atoms with Gasteiger partial charge in [0.1, 0.15) is 0 Å². The molecule has 0 bridgehead atoms. The molecule has 2 N–H and O–H groups in total. The maximum absolute atomic E-state index is 11.7. The predicted octanol–water partition coefficient (Wildman–Crippen LogP) is 3.07. The molecule has 0 spiro atoms. The summed E-state index contributed by atoms with van der Waals surface area (Å²) in [6.07, 6.45) is 2.87. The van der Waals surface area contributed by atoms with Crippen LogP contribution in [0.3, 0.4) is 0 Å². The van der Waals surface area contributed by atoms with Crippen LogP contribution in [-0.4, -0.2) is 18.5 Å². The Morgan fingerprint density at radius 3 is 2.53 bits per heavy atom. The highest BCUT2D eigenvalue weighted by Crippen LogP contribution is 2.29. The molecule has 0 aliphatic heterocycles. The van der Waals surface area contributed by atoms with Crippen LogP contribution in [0, 0.1) is 0 Å². The summed E-state index contributed by atoms with van der Waals surface area (Å²) < 4.78 is 0. The summed E-state index contributed by atoms with van der Waals surface area (Å²) in [5, 5.41) is 6.92. The molecule has 0 unspecified atom stereocenters. The third kappa shape index (κ3) is 3.87. The summed E-state index contributed by atoms with van der Waals surface area (Å²) in [5.74, 6) is -0.0758. The number of para-hydroxylation sites is 1. The minimum atomic E-state index is -0.0758. The van der Waals surface area contributed by atoms with Crippen LogP contribution >= 0.6 is 23.2 Å². The van der Waals surface area contributed by atoms with E-state index in [4.69, 9.17) is 23.2 Å². The zero-order valence-corrected chi connectivity index (χ0v) is 10.8. The fraction of sp³-hybridized carbons (Fsp3) is 0.417. The number of rotatable bonds is 5. The summed E-state index contributed by atoms with van der Waals surface area (Å²) >= 11 is 11.9. The third-order valence-corrected chi connectivity index (χ3v) is 3.22. The Morgan fingerprint density at radius 1 is 1.29 bits per heavy atom. The summed E-state index contributed by atoms with van der Waals surface area (Å²) in [6, 6.07) is 5.76. The van der Waals surface area contributed by atoms with Crippen molar-refractivity contribution in [3.63, 3.8) is 0 Å². The van der Waals surface area contributed by atoms with Gasteiger partial charge in [-0.3, -0.25) is 4.79 Å². The van der Waals surface area contributed by atoms with E-state index >= 15 is 0 Å². The Bertz CT molecular complexity index is 399. The molecule has 1 aromatic rings. The minimum Gasteiger partial charge on any atom is -0.324 e. The normalized spacial score (nSPS) is 14.7. The number of amides is 1. The van der Waals surface area contributed by atoms with Crippen LogP contribution in [-0.2, 0) is 4.79 Å². The maximum Gasteiger partial charge on any atom is 0.225 e. The highest BCUT2D eigenvalue weighted by Gasteiger charge is 2.20. The first kappa shape index (κ1) is 12.7. The Kier molecular flexibility index (Phi) is 4.26. The first-order valence-electron chi connectivity index (χ1n) is 5.64. The largest absolute Gasteiger partial charge is 0.324 e. The van der Waals surface area contributed by atoms with Crippen LogP contribution in [0.25, 0.3) is 0 Å². The van der Waals surface area contributed by atoms with Gasteiger partial charge >= 0.3 is 0 Å². The molecule has 1 amide bonds. The number of nitrogens with one attached hydrogen (secondary N) is 2. The molecule has 0 atom stereocenters. The van der Waals surface area contributed by atoms with E-state index in [0.717, 1.165) is 0 Å². The van der Waals surface area contributed by atoms with Gasteiger partial charge in [-0.15, -0.1) is 0 Å². The molecule has 5 heteroatoms. The lowest BCUT2D eigenvalue weighted by Gasteiger charge is -2.09. The Morgan fingerprint density at radius 2 is 1.94 bits per heavy atom. The van der Waals surface area contributed by atoms with Gasteiger partial charge in [-0.1, -0.05) is 29.3 Å². The standard InChI is InChI=1S/C12H14Cl2N2O/c13-9-2-1-3-10(14)12(9)16-11(17)6-7-15-8-4-5-8/h1-3,8,15H,4-7H2,(H,16,17). The monoisotopic (exact) mass is 272 g/mol. The summed E-state index contributed by atoms with van der Waals surface area (Å²) in [6.45, 7) is 0.693. The zero-order valence-electron chi connectivity index (χ0n) is 9.30. The number of carbonyl (C=O) groups excluding carboxylic acids is 1. The lowest BCUT2D eigenvalue weighted by molar-refractivity contribution is -0.116. The van der Waals surface area contributed by atoms with Gasteiger partial charge in [-0.2, -0.15) is 0 Å². The number of hydrogen-bond acceptors (Lipinski definition) is 2. The van der Waals surface area contributed by atoms with Crippen molar-refractivity contribution >= 4 is 34.8 Å². The Hall–Kier alpha value is -0.770. The molecule has 3 nitrogen and oxygen atoms in total. The topological polar surface area (TPSA) is 41.1 Å². The number of carbonyl (C=O) groups is 1. The fourth-order valence-electron chi connectivity index (χ4n) is 1.50. The summed E-state index contributed by atoms with van der Waals surface area (Å²) in [7, 11) is 0. The van der Waals surface area contributed by atoms with Crippen LogP contribution in [0.1, 0.15) is 19.3 Å². The highest BCUT2D eigenvalue weighted by atomic mass is 35.5. The van der Waals surface area contributed by atoms with Gasteiger partial charge in [0.25, 0.3) is 0 Å². The molecular formula is C12H14Cl2N2O. The first-order valence-corrected chi connectivity index (χ1v) is 6.39. The molecule has 0 radical (unpaired) electrons. The van der Waals surface area contributed by atoms with Crippen molar-refractivity contribution < 1.29 is 4.79 Å². The smallest absolute Gasteiger partial charge is 0.225 e. The molecule has 1 fully saturated rings. The van der Waals surface area contributed by atoms with Crippen molar-refractivity contribution in [3.05, 3.63) is 28.2 Å². The molecule has 0 aromatic heterocycles. The number of hydrogen-bond donors (Lipinski definition) is 2.